The first-order valence-corrected chi connectivity index (χ1v) is 22.8. The largest absolute Gasteiger partial charge is 0.481 e. The maximum atomic E-state index is 12.4. The van der Waals surface area contributed by atoms with Crippen LogP contribution in [0, 0.1) is 17.2 Å². The van der Waals surface area contributed by atoms with Gasteiger partial charge in [0.25, 0.3) is 0 Å². The van der Waals surface area contributed by atoms with Crippen LogP contribution in [0.25, 0.3) is 0 Å². The maximum absolute atomic E-state index is 12.4. The fourth-order valence-corrected chi connectivity index (χ4v) is 9.56. The van der Waals surface area contributed by atoms with Gasteiger partial charge >= 0.3 is 17.9 Å². The highest BCUT2D eigenvalue weighted by Crippen LogP contribution is 2.51. The topological polar surface area (TPSA) is 142 Å². The maximum Gasteiger partial charge on any atom is 0.335 e. The van der Waals surface area contributed by atoms with Crippen LogP contribution in [-0.2, 0) is 15.0 Å². The lowest BCUT2D eigenvalue weighted by Gasteiger charge is -2.36. The molecule has 58 heavy (non-hydrogen) atoms. The zero-order valence-electron chi connectivity index (χ0n) is 34.7. The summed E-state index contributed by atoms with van der Waals surface area (Å²) >= 11 is 1.46. The Morgan fingerprint density at radius 3 is 2.12 bits per heavy atom. The number of aromatic carboxylic acids is 1. The summed E-state index contributed by atoms with van der Waals surface area (Å²) in [4.78, 5) is 37.4. The number of nitriles is 1. The number of carboxylic acids is 3. The summed E-state index contributed by atoms with van der Waals surface area (Å²) in [6.07, 6.45) is 37.6. The van der Waals surface area contributed by atoms with E-state index in [2.05, 4.69) is 29.7 Å². The third-order valence-corrected chi connectivity index (χ3v) is 12.7. The van der Waals surface area contributed by atoms with Gasteiger partial charge in [-0.25, -0.2) is 4.79 Å². The number of carbonyl (C=O) groups is 3. The van der Waals surface area contributed by atoms with E-state index in [9.17, 15) is 35.0 Å². The number of fused-ring (bicyclic) bond motifs is 1. The molecule has 10 heteroatoms. The van der Waals surface area contributed by atoms with Crippen LogP contribution < -0.4 is 0 Å². The molecule has 0 amide bonds. The first kappa shape index (κ1) is 46.3. The number of hydrogen-bond donors (Lipinski definition) is 3. The Balaban J connectivity index is 1.55. The van der Waals surface area contributed by atoms with Crippen LogP contribution in [-0.4, -0.2) is 61.5 Å². The molecular formula is C48H66N3O6S+. The third kappa shape index (κ3) is 13.9. The summed E-state index contributed by atoms with van der Waals surface area (Å²) in [5, 5.41) is 42.1. The molecule has 0 radical (unpaired) electrons. The van der Waals surface area contributed by atoms with E-state index in [1.165, 1.54) is 95.2 Å². The summed E-state index contributed by atoms with van der Waals surface area (Å²) < 4.78 is 2.05. The average Bonchev–Trinajstić information content (AvgIpc) is 3.78. The standard InChI is InChI=1S/C48H65N3O6S/c1-2-3-4-5-6-7-8-9-10-11-12-13-14-15-16-20-31-48(40-21-18-17-19-22-40)41-36-39(47(56)57)25-26-42(41)51(33-30-46(54)55)43(48)27-23-38(37-49)24-28-44-50(34-35-58-44)32-29-45(52)53/h18,21,23-28,34-36,40H,2-17,19-20,22,29-33H2,1H3,(H2-,52,53,54,55,56,57)/p+1. The van der Waals surface area contributed by atoms with Crippen LogP contribution in [0.2, 0.25) is 0 Å². The molecular weight excluding hydrogens is 747 g/mol. The number of thioether (sulfide) groups is 1. The number of aliphatic carboxylic acids is 2. The van der Waals surface area contributed by atoms with Crippen molar-refractivity contribution >= 4 is 41.1 Å². The SMILES string of the molecule is CCCCCCCCCCCCCCCCCCC1(C2C=CCCC2)C(/C=C/C(C#N)=C/C=C2\SC=CN2CCC(=O)O)=[N+](CCC(=O)O)c2ccc(C(=O)O)cc21. The number of rotatable bonds is 28. The monoisotopic (exact) mass is 812 g/mol. The van der Waals surface area contributed by atoms with Crippen molar-refractivity contribution in [2.24, 2.45) is 5.92 Å². The second-order valence-electron chi connectivity index (χ2n) is 16.0. The Labute approximate surface area is 351 Å². The van der Waals surface area contributed by atoms with Crippen LogP contribution in [0.5, 0.6) is 0 Å². The van der Waals surface area contributed by atoms with Gasteiger partial charge in [0.1, 0.15) is 6.42 Å². The Morgan fingerprint density at radius 1 is 0.914 bits per heavy atom. The molecule has 1 aromatic carbocycles. The number of allylic oxidation sites excluding steroid dienone is 7. The zero-order chi connectivity index (χ0) is 41.6. The van der Waals surface area contributed by atoms with Gasteiger partial charge in [0.2, 0.25) is 5.69 Å². The second kappa shape index (κ2) is 25.2. The van der Waals surface area contributed by atoms with Gasteiger partial charge in [-0.3, -0.25) is 9.59 Å². The molecule has 0 saturated carbocycles. The van der Waals surface area contributed by atoms with E-state index < -0.39 is 23.3 Å². The molecule has 1 aliphatic carbocycles. The van der Waals surface area contributed by atoms with Crippen molar-refractivity contribution in [3.05, 3.63) is 88.0 Å². The minimum atomic E-state index is -1.00. The lowest BCUT2D eigenvalue weighted by molar-refractivity contribution is -0.437. The van der Waals surface area contributed by atoms with Gasteiger partial charge in [-0.05, 0) is 67.4 Å². The smallest absolute Gasteiger partial charge is 0.335 e. The van der Waals surface area contributed by atoms with E-state index in [1.807, 2.05) is 40.8 Å². The molecule has 0 fully saturated rings. The number of unbranched alkanes of at least 4 members (excludes halogenated alkanes) is 15. The molecule has 0 aromatic heterocycles. The molecule has 0 spiro atoms. The Morgan fingerprint density at radius 2 is 1.55 bits per heavy atom. The molecule has 4 rings (SSSR count). The summed E-state index contributed by atoms with van der Waals surface area (Å²) in [6.45, 7) is 2.79. The first-order chi connectivity index (χ1) is 28.2. The lowest BCUT2D eigenvalue weighted by Crippen LogP contribution is -2.42. The highest BCUT2D eigenvalue weighted by atomic mass is 32.2. The molecule has 2 unspecified atom stereocenters. The Bertz CT molecular complexity index is 1770. The van der Waals surface area contributed by atoms with Crippen molar-refractivity contribution in [3.63, 3.8) is 0 Å². The van der Waals surface area contributed by atoms with Crippen molar-refractivity contribution in [2.45, 2.75) is 154 Å². The molecule has 314 valence electrons. The average molecular weight is 813 g/mol. The van der Waals surface area contributed by atoms with E-state index in [-0.39, 0.29) is 30.9 Å². The molecule has 3 aliphatic rings. The number of carboxylic acid groups (broad SMARTS) is 3. The highest BCUT2D eigenvalue weighted by Gasteiger charge is 2.55. The normalized spacial score (nSPS) is 19.7. The molecule has 3 N–H and O–H groups in total. The summed E-state index contributed by atoms with van der Waals surface area (Å²) in [6, 6.07) is 7.55. The Kier molecular flexibility index (Phi) is 20.1. The van der Waals surface area contributed by atoms with Crippen LogP contribution >= 0.6 is 11.8 Å². The minimum Gasteiger partial charge on any atom is -0.481 e. The molecule has 0 bridgehead atoms. The first-order valence-electron chi connectivity index (χ1n) is 21.9. The van der Waals surface area contributed by atoms with E-state index in [4.69, 9.17) is 0 Å². The van der Waals surface area contributed by atoms with Crippen LogP contribution in [0.15, 0.2) is 76.9 Å². The number of benzene rings is 1. The molecule has 2 atom stereocenters. The van der Waals surface area contributed by atoms with Gasteiger partial charge in [-0.15, -0.1) is 0 Å². The number of nitrogens with zero attached hydrogens (tertiary/aromatic N) is 3. The molecule has 0 saturated heterocycles. The zero-order valence-corrected chi connectivity index (χ0v) is 35.5. The quantitative estimate of drug-likeness (QED) is 0.0248. The third-order valence-electron chi connectivity index (χ3n) is 11.9. The van der Waals surface area contributed by atoms with Crippen molar-refractivity contribution < 1.29 is 34.3 Å². The van der Waals surface area contributed by atoms with E-state index in [1.54, 1.807) is 18.2 Å². The van der Waals surface area contributed by atoms with E-state index in [0.717, 1.165) is 66.9 Å². The van der Waals surface area contributed by atoms with Crippen LogP contribution in [0.1, 0.15) is 164 Å². The van der Waals surface area contributed by atoms with Crippen LogP contribution in [0.3, 0.4) is 0 Å². The highest BCUT2D eigenvalue weighted by molar-refractivity contribution is 8.06. The summed E-state index contributed by atoms with van der Waals surface area (Å²) in [5.41, 5.74) is 2.63. The van der Waals surface area contributed by atoms with Crippen molar-refractivity contribution in [2.75, 3.05) is 13.1 Å². The van der Waals surface area contributed by atoms with Gasteiger partial charge in [0.15, 0.2) is 12.3 Å². The van der Waals surface area contributed by atoms with E-state index in [0.29, 0.717) is 12.1 Å². The molecule has 9 nitrogen and oxygen atoms in total. The lowest BCUT2D eigenvalue weighted by atomic mass is 9.62. The molecule has 2 aliphatic heterocycles. The van der Waals surface area contributed by atoms with Gasteiger partial charge < -0.3 is 20.2 Å². The number of hydrogen-bond acceptors (Lipinski definition) is 6. The fraction of sp³-hybridized carbons (Fsp3) is 0.562. The van der Waals surface area contributed by atoms with Gasteiger partial charge in [0, 0.05) is 30.5 Å². The van der Waals surface area contributed by atoms with Crippen molar-refractivity contribution in [1.29, 1.82) is 5.26 Å². The van der Waals surface area contributed by atoms with Gasteiger partial charge in [-0.2, -0.15) is 9.84 Å². The molecule has 1 aromatic rings. The van der Waals surface area contributed by atoms with Crippen LogP contribution in [0.4, 0.5) is 5.69 Å². The van der Waals surface area contributed by atoms with Crippen molar-refractivity contribution in [3.8, 4) is 6.07 Å². The van der Waals surface area contributed by atoms with Gasteiger partial charge in [-0.1, -0.05) is 134 Å². The predicted molar refractivity (Wildman–Crippen MR) is 234 cm³/mol. The minimum absolute atomic E-state index is 0.0112. The fourth-order valence-electron chi connectivity index (χ4n) is 8.78. The van der Waals surface area contributed by atoms with E-state index >= 15 is 0 Å². The summed E-state index contributed by atoms with van der Waals surface area (Å²) in [5.74, 6) is -2.73. The van der Waals surface area contributed by atoms with Gasteiger partial charge in [0.05, 0.1) is 34.1 Å². The summed E-state index contributed by atoms with van der Waals surface area (Å²) in [7, 11) is 0. The molecule has 2 heterocycles. The second-order valence-corrected chi connectivity index (χ2v) is 16.9. The predicted octanol–water partition coefficient (Wildman–Crippen LogP) is 12.0. The van der Waals surface area contributed by atoms with Crippen molar-refractivity contribution in [1.82, 2.24) is 4.90 Å². The Hall–Kier alpha value is -4.36.